The first-order chi connectivity index (χ1) is 14.9. The normalized spacial score (nSPS) is 18.1. The summed E-state index contributed by atoms with van der Waals surface area (Å²) in [5.74, 6) is -1.02. The van der Waals surface area contributed by atoms with Gasteiger partial charge < -0.3 is 19.6 Å². The molecule has 0 saturated carbocycles. The van der Waals surface area contributed by atoms with Crippen LogP contribution in [0, 0.1) is 0 Å². The number of amides is 1. The van der Waals surface area contributed by atoms with E-state index in [2.05, 4.69) is 6.92 Å². The first-order valence-corrected chi connectivity index (χ1v) is 10.5. The van der Waals surface area contributed by atoms with E-state index in [1.807, 2.05) is 43.3 Å². The lowest BCUT2D eigenvalue weighted by molar-refractivity contribution is -0.139. The molecular formula is C25H30N2O4. The van der Waals surface area contributed by atoms with Gasteiger partial charge in [-0.25, -0.2) is 0 Å². The van der Waals surface area contributed by atoms with Crippen LogP contribution in [0.4, 0.5) is 0 Å². The molecule has 0 spiro atoms. The van der Waals surface area contributed by atoms with Crippen LogP contribution in [0.2, 0.25) is 0 Å². The molecule has 0 bridgehead atoms. The lowest BCUT2D eigenvalue weighted by Crippen LogP contribution is -2.32. The van der Waals surface area contributed by atoms with E-state index in [4.69, 9.17) is 4.74 Å². The van der Waals surface area contributed by atoms with E-state index in [1.54, 1.807) is 29.2 Å². The molecule has 164 valence electrons. The van der Waals surface area contributed by atoms with Crippen LogP contribution in [0.3, 0.4) is 0 Å². The second-order valence-corrected chi connectivity index (χ2v) is 7.94. The van der Waals surface area contributed by atoms with E-state index in [1.165, 1.54) is 7.11 Å². The van der Waals surface area contributed by atoms with Gasteiger partial charge in [0.15, 0.2) is 0 Å². The lowest BCUT2D eigenvalue weighted by atomic mass is 9.94. The van der Waals surface area contributed by atoms with Crippen molar-refractivity contribution in [3.05, 3.63) is 70.8 Å². The number of aliphatic hydroxyl groups excluding tert-OH is 1. The van der Waals surface area contributed by atoms with Crippen LogP contribution in [0.15, 0.2) is 54.1 Å². The van der Waals surface area contributed by atoms with Crippen molar-refractivity contribution in [2.75, 3.05) is 34.3 Å². The Kier molecular flexibility index (Phi) is 7.13. The van der Waals surface area contributed by atoms with Crippen molar-refractivity contribution in [1.82, 2.24) is 9.80 Å². The number of rotatable bonds is 8. The zero-order valence-corrected chi connectivity index (χ0v) is 18.6. The largest absolute Gasteiger partial charge is 0.507 e. The minimum Gasteiger partial charge on any atom is -0.507 e. The number of hydrogen-bond donors (Lipinski definition) is 1. The van der Waals surface area contributed by atoms with E-state index < -0.39 is 17.7 Å². The van der Waals surface area contributed by atoms with Crippen molar-refractivity contribution < 1.29 is 19.4 Å². The SMILES string of the molecule is CCc1ccc(C2/C(=C(/O)c3ccccc3OC)C(=O)C(=O)N2CCCN(C)C)cc1. The van der Waals surface area contributed by atoms with Crippen LogP contribution in [0.5, 0.6) is 5.75 Å². The first-order valence-electron chi connectivity index (χ1n) is 10.5. The molecule has 1 N–H and O–H groups in total. The zero-order valence-electron chi connectivity index (χ0n) is 18.6. The fraction of sp³-hybridized carbons (Fsp3) is 0.360. The number of hydrogen-bond acceptors (Lipinski definition) is 5. The summed E-state index contributed by atoms with van der Waals surface area (Å²) in [4.78, 5) is 29.7. The highest BCUT2D eigenvalue weighted by Crippen LogP contribution is 2.40. The Balaban J connectivity index is 2.12. The van der Waals surface area contributed by atoms with E-state index in [9.17, 15) is 14.7 Å². The summed E-state index contributed by atoms with van der Waals surface area (Å²) in [6, 6.07) is 14.2. The van der Waals surface area contributed by atoms with Crippen molar-refractivity contribution in [1.29, 1.82) is 0 Å². The fourth-order valence-electron chi connectivity index (χ4n) is 3.94. The Morgan fingerprint density at radius 1 is 1.10 bits per heavy atom. The van der Waals surface area contributed by atoms with Gasteiger partial charge in [-0.1, -0.05) is 43.3 Å². The smallest absolute Gasteiger partial charge is 0.295 e. The maximum absolute atomic E-state index is 13.1. The van der Waals surface area contributed by atoms with Crippen molar-refractivity contribution in [2.45, 2.75) is 25.8 Å². The third-order valence-electron chi connectivity index (χ3n) is 5.61. The summed E-state index contributed by atoms with van der Waals surface area (Å²) in [7, 11) is 5.44. The Hall–Kier alpha value is -3.12. The summed E-state index contributed by atoms with van der Waals surface area (Å²) >= 11 is 0. The number of aliphatic hydroxyl groups is 1. The predicted octanol–water partition coefficient (Wildman–Crippen LogP) is 3.63. The molecule has 1 saturated heterocycles. The van der Waals surface area contributed by atoms with E-state index in [-0.39, 0.29) is 11.3 Å². The molecule has 0 aromatic heterocycles. The third kappa shape index (κ3) is 4.64. The molecule has 1 aliphatic heterocycles. The van der Waals surface area contributed by atoms with Gasteiger partial charge in [0, 0.05) is 6.54 Å². The molecule has 1 amide bonds. The number of para-hydroxylation sites is 1. The number of carbonyl (C=O) groups excluding carboxylic acids is 2. The van der Waals surface area contributed by atoms with Crippen LogP contribution in [0.1, 0.15) is 36.1 Å². The molecule has 1 aliphatic rings. The summed E-state index contributed by atoms with van der Waals surface area (Å²) in [5.41, 5.74) is 2.46. The van der Waals surface area contributed by atoms with E-state index in [0.717, 1.165) is 30.5 Å². The van der Waals surface area contributed by atoms with Gasteiger partial charge in [-0.2, -0.15) is 0 Å². The quantitative estimate of drug-likeness (QED) is 0.400. The van der Waals surface area contributed by atoms with E-state index >= 15 is 0 Å². The number of ketones is 1. The highest BCUT2D eigenvalue weighted by atomic mass is 16.5. The molecule has 2 aromatic rings. The van der Waals surface area contributed by atoms with Crippen molar-refractivity contribution in [2.24, 2.45) is 0 Å². The third-order valence-corrected chi connectivity index (χ3v) is 5.61. The van der Waals surface area contributed by atoms with Crippen molar-refractivity contribution in [3.63, 3.8) is 0 Å². The first kappa shape index (κ1) is 22.6. The van der Waals surface area contributed by atoms with Crippen molar-refractivity contribution >= 4 is 17.4 Å². The lowest BCUT2D eigenvalue weighted by Gasteiger charge is -2.26. The molecule has 1 atom stereocenters. The molecule has 1 heterocycles. The Bertz CT molecular complexity index is 979. The number of carbonyl (C=O) groups is 2. The predicted molar refractivity (Wildman–Crippen MR) is 121 cm³/mol. The molecule has 1 fully saturated rings. The minimum atomic E-state index is -0.669. The Labute approximate surface area is 183 Å². The minimum absolute atomic E-state index is 0.101. The topological polar surface area (TPSA) is 70.1 Å². The molecule has 6 heteroatoms. The monoisotopic (exact) mass is 422 g/mol. The van der Waals surface area contributed by atoms with Gasteiger partial charge in [-0.05, 0) is 56.7 Å². The number of ether oxygens (including phenoxy) is 1. The number of methoxy groups -OCH3 is 1. The average molecular weight is 423 g/mol. The highest BCUT2D eigenvalue weighted by Gasteiger charge is 2.46. The molecule has 0 aliphatic carbocycles. The molecule has 1 unspecified atom stereocenters. The number of Topliss-reactive ketones (excluding diaryl/α,β-unsaturated/α-hetero) is 1. The molecule has 6 nitrogen and oxygen atoms in total. The molecule has 31 heavy (non-hydrogen) atoms. The summed E-state index contributed by atoms with van der Waals surface area (Å²) in [5, 5.41) is 11.2. The van der Waals surface area contributed by atoms with Crippen molar-refractivity contribution in [3.8, 4) is 5.75 Å². The average Bonchev–Trinajstić information content (AvgIpc) is 3.03. The Morgan fingerprint density at radius 2 is 1.77 bits per heavy atom. The summed E-state index contributed by atoms with van der Waals surface area (Å²) < 4.78 is 5.37. The number of benzene rings is 2. The number of nitrogens with zero attached hydrogens (tertiary/aromatic N) is 2. The van der Waals surface area contributed by atoms with Gasteiger partial charge >= 0.3 is 0 Å². The van der Waals surface area contributed by atoms with Gasteiger partial charge in [-0.3, -0.25) is 9.59 Å². The Morgan fingerprint density at radius 3 is 2.39 bits per heavy atom. The second-order valence-electron chi connectivity index (χ2n) is 7.94. The number of aryl methyl sites for hydroxylation is 1. The van der Waals surface area contributed by atoms with Gasteiger partial charge in [0.2, 0.25) is 0 Å². The maximum Gasteiger partial charge on any atom is 0.295 e. The molecule has 0 radical (unpaired) electrons. The van der Waals surface area contributed by atoms with Gasteiger partial charge in [0.1, 0.15) is 11.5 Å². The molecule has 3 rings (SSSR count). The van der Waals surface area contributed by atoms with Crippen LogP contribution in [-0.4, -0.2) is 60.9 Å². The van der Waals surface area contributed by atoms with Crippen LogP contribution >= 0.6 is 0 Å². The second kappa shape index (κ2) is 9.79. The maximum atomic E-state index is 13.1. The number of likely N-dealkylation sites (tertiary alicyclic amines) is 1. The fourth-order valence-corrected chi connectivity index (χ4v) is 3.94. The van der Waals surface area contributed by atoms with Crippen LogP contribution in [-0.2, 0) is 16.0 Å². The van der Waals surface area contributed by atoms with Gasteiger partial charge in [0.05, 0.1) is 24.3 Å². The van der Waals surface area contributed by atoms with E-state index in [0.29, 0.717) is 17.9 Å². The van der Waals surface area contributed by atoms with Crippen LogP contribution < -0.4 is 4.74 Å². The standard InChI is InChI=1S/C25H30N2O4/c1-5-17-11-13-18(14-12-17)22-21(23(28)19-9-6-7-10-20(19)31-4)24(29)25(30)27(22)16-8-15-26(2)3/h6-7,9-14,22,28H,5,8,15-16H2,1-4H3/b23-21-. The zero-order chi connectivity index (χ0) is 22.5. The van der Waals surface area contributed by atoms with Crippen LogP contribution in [0.25, 0.3) is 5.76 Å². The highest BCUT2D eigenvalue weighted by molar-refractivity contribution is 6.46. The van der Waals surface area contributed by atoms with Gasteiger partial charge in [-0.15, -0.1) is 0 Å². The summed E-state index contributed by atoms with van der Waals surface area (Å²) in [6.07, 6.45) is 1.61. The summed E-state index contributed by atoms with van der Waals surface area (Å²) in [6.45, 7) is 3.28. The van der Waals surface area contributed by atoms with Gasteiger partial charge in [0.25, 0.3) is 11.7 Å². The molecular weight excluding hydrogens is 392 g/mol. The molecule has 2 aromatic carbocycles.